The number of unbranched alkanes of at least 4 members (excludes halogenated alkanes) is 3. The van der Waals surface area contributed by atoms with Crippen molar-refractivity contribution in [1.29, 1.82) is 0 Å². The van der Waals surface area contributed by atoms with Crippen LogP contribution in [0, 0.1) is 5.92 Å². The van der Waals surface area contributed by atoms with E-state index in [9.17, 15) is 5.11 Å². The Morgan fingerprint density at radius 1 is 1.33 bits per heavy atom. The normalized spacial score (nSPS) is 15.1. The maximum Gasteiger partial charge on any atom is 0.132 e. The lowest BCUT2D eigenvalue weighted by Gasteiger charge is -2.16. The molecule has 0 fully saturated rings. The molecule has 0 radical (unpaired) electrons. The lowest BCUT2D eigenvalue weighted by atomic mass is 9.96. The molecule has 15 heavy (non-hydrogen) atoms. The largest absolute Gasteiger partial charge is 0.467 e. The molecule has 1 heterocycles. The molecule has 0 amide bonds. The van der Waals surface area contributed by atoms with E-state index in [0.29, 0.717) is 5.76 Å². The van der Waals surface area contributed by atoms with Crippen LogP contribution in [0.25, 0.3) is 0 Å². The predicted octanol–water partition coefficient (Wildman–Crippen LogP) is 3.92. The van der Waals surface area contributed by atoms with Crippen molar-refractivity contribution in [3.8, 4) is 0 Å². The maximum absolute atomic E-state index is 9.94. The minimum Gasteiger partial charge on any atom is -0.467 e. The van der Waals surface area contributed by atoms with Crippen molar-refractivity contribution >= 4 is 0 Å². The summed E-state index contributed by atoms with van der Waals surface area (Å²) in [6, 6.07) is 3.66. The molecule has 1 rings (SSSR count). The van der Waals surface area contributed by atoms with Crippen molar-refractivity contribution in [2.45, 2.75) is 52.1 Å². The van der Waals surface area contributed by atoms with E-state index in [0.717, 1.165) is 6.42 Å². The number of furan rings is 1. The minimum atomic E-state index is -0.443. The average molecular weight is 210 g/mol. The zero-order valence-corrected chi connectivity index (χ0v) is 9.78. The third-order valence-electron chi connectivity index (χ3n) is 2.89. The SMILES string of the molecule is CCCCCCC(C)C(O)c1ccco1. The first kappa shape index (κ1) is 12.3. The fraction of sp³-hybridized carbons (Fsp3) is 0.692. The smallest absolute Gasteiger partial charge is 0.132 e. The fourth-order valence-corrected chi connectivity index (χ4v) is 1.79. The summed E-state index contributed by atoms with van der Waals surface area (Å²) in [5.74, 6) is 0.978. The Morgan fingerprint density at radius 3 is 2.73 bits per heavy atom. The van der Waals surface area contributed by atoms with Crippen molar-refractivity contribution in [2.75, 3.05) is 0 Å². The lowest BCUT2D eigenvalue weighted by Crippen LogP contribution is -2.08. The van der Waals surface area contributed by atoms with E-state index in [1.54, 1.807) is 6.26 Å². The lowest BCUT2D eigenvalue weighted by molar-refractivity contribution is 0.0885. The van der Waals surface area contributed by atoms with Crippen LogP contribution in [-0.4, -0.2) is 5.11 Å². The molecule has 2 unspecified atom stereocenters. The summed E-state index contributed by atoms with van der Waals surface area (Å²) in [4.78, 5) is 0. The Morgan fingerprint density at radius 2 is 2.13 bits per heavy atom. The van der Waals surface area contributed by atoms with Crippen LogP contribution in [-0.2, 0) is 0 Å². The van der Waals surface area contributed by atoms with Crippen molar-refractivity contribution in [3.63, 3.8) is 0 Å². The molecule has 0 aliphatic rings. The van der Waals surface area contributed by atoms with Gasteiger partial charge in [-0.05, 0) is 24.5 Å². The van der Waals surface area contributed by atoms with Crippen molar-refractivity contribution in [2.24, 2.45) is 5.92 Å². The molecule has 0 aromatic carbocycles. The first-order valence-corrected chi connectivity index (χ1v) is 5.97. The van der Waals surface area contributed by atoms with Crippen LogP contribution < -0.4 is 0 Å². The van der Waals surface area contributed by atoms with Gasteiger partial charge in [-0.1, -0.05) is 39.5 Å². The summed E-state index contributed by atoms with van der Waals surface area (Å²) in [6.45, 7) is 4.29. The third kappa shape index (κ3) is 4.08. The molecule has 1 aromatic rings. The van der Waals surface area contributed by atoms with Gasteiger partial charge in [0.2, 0.25) is 0 Å². The Labute approximate surface area is 92.3 Å². The van der Waals surface area contributed by atoms with Gasteiger partial charge in [-0.2, -0.15) is 0 Å². The molecule has 1 aromatic heterocycles. The van der Waals surface area contributed by atoms with Gasteiger partial charge in [-0.25, -0.2) is 0 Å². The van der Waals surface area contributed by atoms with Crippen LogP contribution in [0.4, 0.5) is 0 Å². The van der Waals surface area contributed by atoms with Crippen LogP contribution in [0.5, 0.6) is 0 Å². The van der Waals surface area contributed by atoms with Crippen molar-refractivity contribution in [3.05, 3.63) is 24.2 Å². The van der Waals surface area contributed by atoms with Gasteiger partial charge in [0.05, 0.1) is 6.26 Å². The van der Waals surface area contributed by atoms with E-state index < -0.39 is 6.10 Å². The highest BCUT2D eigenvalue weighted by molar-refractivity contribution is 5.02. The summed E-state index contributed by atoms with van der Waals surface area (Å²) in [6.07, 6.45) is 7.27. The van der Waals surface area contributed by atoms with Gasteiger partial charge in [0.1, 0.15) is 11.9 Å². The molecule has 86 valence electrons. The Balaban J connectivity index is 2.24. The molecule has 2 heteroatoms. The summed E-state index contributed by atoms with van der Waals surface area (Å²) >= 11 is 0. The van der Waals surface area contributed by atoms with Gasteiger partial charge in [-0.3, -0.25) is 0 Å². The molecular formula is C13H22O2. The average Bonchev–Trinajstić information content (AvgIpc) is 2.76. The molecule has 0 saturated carbocycles. The quantitative estimate of drug-likeness (QED) is 0.692. The molecule has 0 saturated heterocycles. The summed E-state index contributed by atoms with van der Waals surface area (Å²) in [5, 5.41) is 9.94. The summed E-state index contributed by atoms with van der Waals surface area (Å²) in [7, 11) is 0. The van der Waals surface area contributed by atoms with Gasteiger partial charge >= 0.3 is 0 Å². The van der Waals surface area contributed by atoms with Crippen LogP contribution in [0.15, 0.2) is 22.8 Å². The number of hydrogen-bond donors (Lipinski definition) is 1. The third-order valence-corrected chi connectivity index (χ3v) is 2.89. The molecule has 0 aliphatic heterocycles. The first-order chi connectivity index (χ1) is 7.25. The number of aliphatic hydroxyl groups excluding tert-OH is 1. The molecule has 2 atom stereocenters. The minimum absolute atomic E-state index is 0.285. The van der Waals surface area contributed by atoms with E-state index in [1.165, 1.54) is 25.7 Å². The zero-order valence-electron chi connectivity index (χ0n) is 9.78. The molecule has 1 N–H and O–H groups in total. The number of rotatable bonds is 7. The van der Waals surface area contributed by atoms with Gasteiger partial charge in [0.25, 0.3) is 0 Å². The van der Waals surface area contributed by atoms with Crippen LogP contribution in [0.2, 0.25) is 0 Å². The summed E-state index contributed by atoms with van der Waals surface area (Å²) < 4.78 is 5.19. The summed E-state index contributed by atoms with van der Waals surface area (Å²) in [5.41, 5.74) is 0. The van der Waals surface area contributed by atoms with Gasteiger partial charge in [0, 0.05) is 0 Å². The molecule has 2 nitrogen and oxygen atoms in total. The van der Waals surface area contributed by atoms with E-state index in [2.05, 4.69) is 13.8 Å². The Bertz CT molecular complexity index is 241. The predicted molar refractivity (Wildman–Crippen MR) is 61.6 cm³/mol. The first-order valence-electron chi connectivity index (χ1n) is 5.97. The second kappa shape index (κ2) is 6.67. The van der Waals surface area contributed by atoms with E-state index in [1.807, 2.05) is 12.1 Å². The van der Waals surface area contributed by atoms with E-state index in [4.69, 9.17) is 4.42 Å². The van der Waals surface area contributed by atoms with E-state index in [-0.39, 0.29) is 5.92 Å². The fourth-order valence-electron chi connectivity index (χ4n) is 1.79. The van der Waals surface area contributed by atoms with Crippen LogP contribution in [0.3, 0.4) is 0 Å². The Hall–Kier alpha value is -0.760. The standard InChI is InChI=1S/C13H22O2/c1-3-4-5-6-8-11(2)13(14)12-9-7-10-15-12/h7,9-11,13-14H,3-6,8H2,1-2H3. The number of aliphatic hydroxyl groups is 1. The zero-order chi connectivity index (χ0) is 11.1. The topological polar surface area (TPSA) is 33.4 Å². The highest BCUT2D eigenvalue weighted by atomic mass is 16.4. The molecule has 0 aliphatic carbocycles. The van der Waals surface area contributed by atoms with Crippen molar-refractivity contribution in [1.82, 2.24) is 0 Å². The molecule has 0 spiro atoms. The monoisotopic (exact) mass is 210 g/mol. The molecule has 0 bridgehead atoms. The molecular weight excluding hydrogens is 188 g/mol. The highest BCUT2D eigenvalue weighted by Crippen LogP contribution is 2.26. The van der Waals surface area contributed by atoms with Gasteiger partial charge in [0.15, 0.2) is 0 Å². The van der Waals surface area contributed by atoms with Gasteiger partial charge in [-0.15, -0.1) is 0 Å². The number of hydrogen-bond acceptors (Lipinski definition) is 2. The highest BCUT2D eigenvalue weighted by Gasteiger charge is 2.17. The Kier molecular flexibility index (Phi) is 5.48. The van der Waals surface area contributed by atoms with Crippen LogP contribution >= 0.6 is 0 Å². The second-order valence-corrected chi connectivity index (χ2v) is 4.29. The van der Waals surface area contributed by atoms with E-state index >= 15 is 0 Å². The second-order valence-electron chi connectivity index (χ2n) is 4.29. The van der Waals surface area contributed by atoms with Gasteiger partial charge < -0.3 is 9.52 Å². The van der Waals surface area contributed by atoms with Crippen molar-refractivity contribution < 1.29 is 9.52 Å². The van der Waals surface area contributed by atoms with Crippen LogP contribution in [0.1, 0.15) is 57.8 Å². The maximum atomic E-state index is 9.94.